The number of benzene rings is 2. The van der Waals surface area contributed by atoms with E-state index in [4.69, 9.17) is 9.15 Å². The highest BCUT2D eigenvalue weighted by atomic mass is 19.1. The molecule has 0 aliphatic carbocycles. The molecule has 0 atom stereocenters. The summed E-state index contributed by atoms with van der Waals surface area (Å²) in [6, 6.07) is 11.0. The normalized spacial score (nSPS) is 10.8. The van der Waals surface area contributed by atoms with Crippen LogP contribution in [-0.4, -0.2) is 5.97 Å². The van der Waals surface area contributed by atoms with Gasteiger partial charge in [0.25, 0.3) is 0 Å². The van der Waals surface area contributed by atoms with Crippen molar-refractivity contribution < 1.29 is 23.4 Å². The number of carbonyl (C=O) groups excluding carboxylic acids is 1. The van der Waals surface area contributed by atoms with Gasteiger partial charge in [-0.25, -0.2) is 4.39 Å². The van der Waals surface area contributed by atoms with Crippen LogP contribution in [0.4, 0.5) is 4.39 Å². The van der Waals surface area contributed by atoms with Crippen molar-refractivity contribution in [3.8, 4) is 5.75 Å². The van der Waals surface area contributed by atoms with E-state index in [1.165, 1.54) is 12.1 Å². The van der Waals surface area contributed by atoms with Gasteiger partial charge in [0, 0.05) is 10.9 Å². The third-order valence-corrected chi connectivity index (χ3v) is 3.33. The summed E-state index contributed by atoms with van der Waals surface area (Å²) < 4.78 is 24.1. The van der Waals surface area contributed by atoms with Crippen molar-refractivity contribution in [3.05, 3.63) is 65.2 Å². The van der Waals surface area contributed by atoms with Gasteiger partial charge in [0.2, 0.25) is 0 Å². The van der Waals surface area contributed by atoms with Crippen LogP contribution in [0.3, 0.4) is 0 Å². The zero-order valence-corrected chi connectivity index (χ0v) is 11.8. The highest BCUT2D eigenvalue weighted by Crippen LogP contribution is 2.29. The minimum Gasteiger partial charge on any atom is -0.545 e. The molecule has 0 saturated heterocycles. The Morgan fingerprint density at radius 3 is 2.82 bits per heavy atom. The minimum absolute atomic E-state index is 0.0196. The van der Waals surface area contributed by atoms with E-state index in [0.717, 1.165) is 0 Å². The van der Waals surface area contributed by atoms with Gasteiger partial charge in [0.1, 0.15) is 29.5 Å². The van der Waals surface area contributed by atoms with Gasteiger partial charge in [-0.2, -0.15) is 0 Å². The molecule has 4 nitrogen and oxygen atoms in total. The SMILES string of the molecule is Cc1oc2ccc(OCc3cccc(F)c3)cc2c1C(=O)[O-]. The summed E-state index contributed by atoms with van der Waals surface area (Å²) in [5.41, 5.74) is 1.16. The molecule has 3 rings (SSSR count). The lowest BCUT2D eigenvalue weighted by Gasteiger charge is -2.07. The Morgan fingerprint density at radius 1 is 1.27 bits per heavy atom. The molecule has 1 aromatic heterocycles. The lowest BCUT2D eigenvalue weighted by molar-refractivity contribution is -0.254. The van der Waals surface area contributed by atoms with Gasteiger partial charge < -0.3 is 19.1 Å². The molecule has 22 heavy (non-hydrogen) atoms. The number of fused-ring (bicyclic) bond motifs is 1. The number of hydrogen-bond donors (Lipinski definition) is 0. The predicted molar refractivity (Wildman–Crippen MR) is 76.0 cm³/mol. The summed E-state index contributed by atoms with van der Waals surface area (Å²) in [4.78, 5) is 11.2. The zero-order chi connectivity index (χ0) is 15.7. The van der Waals surface area contributed by atoms with Gasteiger partial charge in [-0.1, -0.05) is 12.1 Å². The summed E-state index contributed by atoms with van der Waals surface area (Å²) >= 11 is 0. The Labute approximate surface area is 125 Å². The van der Waals surface area contributed by atoms with Gasteiger partial charge in [0.15, 0.2) is 0 Å². The molecular formula is C17H12FO4-. The number of furan rings is 1. The lowest BCUT2D eigenvalue weighted by atomic mass is 10.1. The van der Waals surface area contributed by atoms with E-state index < -0.39 is 5.97 Å². The third kappa shape index (κ3) is 2.65. The lowest BCUT2D eigenvalue weighted by Crippen LogP contribution is -2.22. The van der Waals surface area contributed by atoms with Crippen LogP contribution in [0.25, 0.3) is 11.0 Å². The maximum atomic E-state index is 13.1. The highest BCUT2D eigenvalue weighted by molar-refractivity contribution is 6.03. The van der Waals surface area contributed by atoms with Gasteiger partial charge in [-0.05, 0) is 42.8 Å². The van der Waals surface area contributed by atoms with Crippen LogP contribution >= 0.6 is 0 Å². The molecule has 0 unspecified atom stereocenters. The van der Waals surface area contributed by atoms with Crippen LogP contribution in [0.15, 0.2) is 46.9 Å². The largest absolute Gasteiger partial charge is 0.545 e. The monoisotopic (exact) mass is 299 g/mol. The summed E-state index contributed by atoms with van der Waals surface area (Å²) in [5, 5.41) is 11.6. The molecule has 0 aliphatic heterocycles. The highest BCUT2D eigenvalue weighted by Gasteiger charge is 2.12. The fourth-order valence-electron chi connectivity index (χ4n) is 2.34. The molecule has 0 saturated carbocycles. The predicted octanol–water partition coefficient (Wildman–Crippen LogP) is 2.82. The summed E-state index contributed by atoms with van der Waals surface area (Å²) in [6.07, 6.45) is 0. The van der Waals surface area contributed by atoms with Crippen molar-refractivity contribution in [2.24, 2.45) is 0 Å². The number of rotatable bonds is 4. The Balaban J connectivity index is 1.88. The molecule has 0 N–H and O–H groups in total. The first-order chi connectivity index (χ1) is 10.5. The Morgan fingerprint density at radius 2 is 2.09 bits per heavy atom. The molecular weight excluding hydrogens is 287 g/mol. The molecule has 0 amide bonds. The summed E-state index contributed by atoms with van der Waals surface area (Å²) in [6.45, 7) is 1.75. The number of ether oxygens (including phenoxy) is 1. The fraction of sp³-hybridized carbons (Fsp3) is 0.118. The molecule has 0 spiro atoms. The van der Waals surface area contributed by atoms with Crippen LogP contribution in [0.2, 0.25) is 0 Å². The Kier molecular flexibility index (Phi) is 3.55. The molecule has 0 bridgehead atoms. The van der Waals surface area contributed by atoms with E-state index in [2.05, 4.69) is 0 Å². The van der Waals surface area contributed by atoms with Crippen LogP contribution in [0.5, 0.6) is 5.75 Å². The van der Waals surface area contributed by atoms with Crippen molar-refractivity contribution >= 4 is 16.9 Å². The Bertz CT molecular complexity index is 851. The quantitative estimate of drug-likeness (QED) is 0.743. The third-order valence-electron chi connectivity index (χ3n) is 3.33. The molecule has 3 aromatic rings. The van der Waals surface area contributed by atoms with Crippen molar-refractivity contribution in [3.63, 3.8) is 0 Å². The molecule has 0 fully saturated rings. The standard InChI is InChI=1S/C17H13FO4/c1-10-16(17(19)20)14-8-13(5-6-15(14)22-10)21-9-11-3-2-4-12(18)7-11/h2-8H,9H2,1H3,(H,19,20)/p-1. The van der Waals surface area contributed by atoms with E-state index in [1.54, 1.807) is 37.3 Å². The molecule has 2 aromatic carbocycles. The van der Waals surface area contributed by atoms with Crippen LogP contribution < -0.4 is 9.84 Å². The number of carboxylic acids is 1. The van der Waals surface area contributed by atoms with Crippen LogP contribution in [0, 0.1) is 12.7 Å². The maximum Gasteiger partial charge on any atom is 0.135 e. The van der Waals surface area contributed by atoms with Crippen molar-refractivity contribution in [2.45, 2.75) is 13.5 Å². The summed E-state index contributed by atoms with van der Waals surface area (Å²) in [7, 11) is 0. The number of carboxylic acid groups (broad SMARTS) is 1. The molecule has 0 aliphatic rings. The fourth-order valence-corrected chi connectivity index (χ4v) is 2.34. The average Bonchev–Trinajstić information content (AvgIpc) is 2.80. The van der Waals surface area contributed by atoms with E-state index >= 15 is 0 Å². The second kappa shape index (κ2) is 5.52. The first kappa shape index (κ1) is 14.1. The first-order valence-electron chi connectivity index (χ1n) is 6.66. The smallest absolute Gasteiger partial charge is 0.135 e. The average molecular weight is 299 g/mol. The maximum absolute atomic E-state index is 13.1. The molecule has 112 valence electrons. The zero-order valence-electron chi connectivity index (χ0n) is 11.8. The van der Waals surface area contributed by atoms with Crippen molar-refractivity contribution in [1.82, 2.24) is 0 Å². The van der Waals surface area contributed by atoms with E-state index in [-0.39, 0.29) is 23.7 Å². The van der Waals surface area contributed by atoms with Gasteiger partial charge in [-0.15, -0.1) is 0 Å². The van der Waals surface area contributed by atoms with E-state index in [9.17, 15) is 14.3 Å². The van der Waals surface area contributed by atoms with E-state index in [1.807, 2.05) is 0 Å². The summed E-state index contributed by atoms with van der Waals surface area (Å²) in [5.74, 6) is -0.864. The van der Waals surface area contributed by atoms with Crippen LogP contribution in [0.1, 0.15) is 21.7 Å². The van der Waals surface area contributed by atoms with E-state index in [0.29, 0.717) is 22.3 Å². The van der Waals surface area contributed by atoms with Crippen molar-refractivity contribution in [1.29, 1.82) is 0 Å². The number of carbonyl (C=O) groups is 1. The molecule has 5 heteroatoms. The Hall–Kier alpha value is -2.82. The van der Waals surface area contributed by atoms with Crippen LogP contribution in [-0.2, 0) is 6.61 Å². The molecule has 1 heterocycles. The second-order valence-electron chi connectivity index (χ2n) is 4.90. The van der Waals surface area contributed by atoms with Crippen molar-refractivity contribution in [2.75, 3.05) is 0 Å². The molecule has 0 radical (unpaired) electrons. The topological polar surface area (TPSA) is 62.5 Å². The number of halogens is 1. The first-order valence-corrected chi connectivity index (χ1v) is 6.66. The minimum atomic E-state index is -1.29. The number of hydrogen-bond acceptors (Lipinski definition) is 4. The number of aryl methyl sites for hydroxylation is 1. The number of aromatic carboxylic acids is 1. The van der Waals surface area contributed by atoms with Gasteiger partial charge in [-0.3, -0.25) is 0 Å². The second-order valence-corrected chi connectivity index (χ2v) is 4.90. The van der Waals surface area contributed by atoms with Gasteiger partial charge in [0.05, 0.1) is 5.97 Å². The van der Waals surface area contributed by atoms with Gasteiger partial charge >= 0.3 is 0 Å².